The van der Waals surface area contributed by atoms with Crippen LogP contribution in [0.3, 0.4) is 0 Å². The molecule has 266 valence electrons. The number of rotatable bonds is 17. The van der Waals surface area contributed by atoms with Crippen LogP contribution in [-0.4, -0.2) is 59.8 Å². The monoisotopic (exact) mass is 703 g/mol. The largest absolute Gasteiger partial charge is 0.494 e. The fourth-order valence-electron chi connectivity index (χ4n) is 6.28. The molecule has 5 rings (SSSR count). The molecule has 1 N–H and O–H groups in total. The van der Waals surface area contributed by atoms with Crippen LogP contribution in [-0.2, 0) is 14.4 Å². The van der Waals surface area contributed by atoms with Crippen LogP contribution in [0, 0.1) is 0 Å². The van der Waals surface area contributed by atoms with Gasteiger partial charge in [0.25, 0.3) is 0 Å². The van der Waals surface area contributed by atoms with E-state index in [1.807, 2.05) is 54.6 Å². The fourth-order valence-corrected chi connectivity index (χ4v) is 6.61. The van der Waals surface area contributed by atoms with E-state index in [0.29, 0.717) is 39.7 Å². The van der Waals surface area contributed by atoms with Gasteiger partial charge in [0.1, 0.15) is 5.75 Å². The van der Waals surface area contributed by atoms with E-state index >= 15 is 0 Å². The lowest BCUT2D eigenvalue weighted by molar-refractivity contribution is -0.170. The Morgan fingerprint density at radius 3 is 2.02 bits per heavy atom. The second-order valence-corrected chi connectivity index (χ2v) is 13.2. The zero-order valence-electron chi connectivity index (χ0n) is 28.9. The molecule has 3 aromatic carbocycles. The molecule has 3 aromatic rings. The highest BCUT2D eigenvalue weighted by Crippen LogP contribution is 2.49. The van der Waals surface area contributed by atoms with Gasteiger partial charge in [-0.15, -0.1) is 0 Å². The van der Waals surface area contributed by atoms with E-state index in [-0.39, 0.29) is 17.2 Å². The second kappa shape index (κ2) is 17.7. The Hall–Kier alpha value is -4.18. The van der Waals surface area contributed by atoms with Gasteiger partial charge in [-0.05, 0) is 67.9 Å². The van der Waals surface area contributed by atoms with Crippen molar-refractivity contribution in [2.24, 2.45) is 0 Å². The van der Waals surface area contributed by atoms with Crippen molar-refractivity contribution in [2.75, 3.05) is 26.2 Å². The summed E-state index contributed by atoms with van der Waals surface area (Å²) in [5.41, 5.74) is -0.260. The number of fused-ring (bicyclic) bond motifs is 2. The number of aliphatic hydroxyl groups is 1. The highest BCUT2D eigenvalue weighted by molar-refractivity contribution is 6.53. The molecule has 0 aliphatic carbocycles. The molecule has 0 fully saturated rings. The standard InChI is InChI=1S/C40H46ClNO8/c1-3-42(4-2)24-14-9-7-5-6-8-10-15-25-47-30-20-18-28(19-21-30)35(36(41)29-16-12-11-13-17-29)31-22-23-32-38-37(31)49-34(44)27-40(46,39(45)50-38)26-33(43)48-32/h11-13,16-23,46H,3-10,14-15,24-27H2,1-2H3/b36-35-. The minimum absolute atomic E-state index is 0.122. The first kappa shape index (κ1) is 37.1. The Labute approximate surface area is 299 Å². The zero-order chi connectivity index (χ0) is 35.5. The van der Waals surface area contributed by atoms with Crippen molar-refractivity contribution in [1.29, 1.82) is 0 Å². The topological polar surface area (TPSA) is 112 Å². The van der Waals surface area contributed by atoms with E-state index < -0.39 is 36.4 Å². The van der Waals surface area contributed by atoms with Gasteiger partial charge < -0.3 is 29.0 Å². The molecule has 2 aliphatic heterocycles. The lowest BCUT2D eigenvalue weighted by Crippen LogP contribution is -2.48. The first-order valence-corrected chi connectivity index (χ1v) is 18.0. The van der Waals surface area contributed by atoms with Crippen LogP contribution in [0.15, 0.2) is 66.7 Å². The summed E-state index contributed by atoms with van der Waals surface area (Å²) in [6.07, 6.45) is 8.15. The van der Waals surface area contributed by atoms with E-state index in [4.69, 9.17) is 30.5 Å². The molecular weight excluding hydrogens is 658 g/mol. The average Bonchev–Trinajstić information content (AvgIpc) is 3.10. The second-order valence-electron chi connectivity index (χ2n) is 12.8. The van der Waals surface area contributed by atoms with E-state index in [2.05, 4.69) is 18.7 Å². The van der Waals surface area contributed by atoms with Gasteiger partial charge in [-0.1, -0.05) is 106 Å². The smallest absolute Gasteiger partial charge is 0.345 e. The molecule has 2 bridgehead atoms. The van der Waals surface area contributed by atoms with E-state index in [0.717, 1.165) is 25.9 Å². The van der Waals surface area contributed by atoms with Gasteiger partial charge in [0.2, 0.25) is 5.75 Å². The average molecular weight is 704 g/mol. The van der Waals surface area contributed by atoms with Crippen LogP contribution in [0.4, 0.5) is 0 Å². The molecule has 2 heterocycles. The third-order valence-corrected chi connectivity index (χ3v) is 9.56. The number of carbonyl (C=O) groups excluding carboxylic acids is 3. The van der Waals surface area contributed by atoms with Gasteiger partial charge in [0.05, 0.1) is 24.5 Å². The van der Waals surface area contributed by atoms with Crippen molar-refractivity contribution in [3.8, 4) is 23.0 Å². The number of hydrogen-bond donors (Lipinski definition) is 1. The first-order chi connectivity index (χ1) is 24.2. The number of ether oxygens (including phenoxy) is 4. The Kier molecular flexibility index (Phi) is 13.1. The summed E-state index contributed by atoms with van der Waals surface area (Å²) in [4.78, 5) is 41.1. The van der Waals surface area contributed by atoms with Crippen molar-refractivity contribution >= 4 is 40.1 Å². The van der Waals surface area contributed by atoms with Gasteiger partial charge in [0, 0.05) is 11.1 Å². The quantitative estimate of drug-likeness (QED) is 0.0648. The Morgan fingerprint density at radius 1 is 0.740 bits per heavy atom. The summed E-state index contributed by atoms with van der Waals surface area (Å²) < 4.78 is 22.7. The molecule has 10 heteroatoms. The predicted octanol–water partition coefficient (Wildman–Crippen LogP) is 7.94. The molecule has 2 aliphatic rings. The van der Waals surface area contributed by atoms with Crippen LogP contribution in [0.25, 0.3) is 10.6 Å². The SMILES string of the molecule is CCN(CC)CCCCCCCCCCOc1ccc(/C(=C(/Cl)c2ccccc2)c2ccc3c4c2OC(=O)CC(O)(CC(=O)O3)C(=O)O4)cc1. The molecule has 1 atom stereocenters. The fraction of sp³-hybridized carbons (Fsp3) is 0.425. The molecule has 0 saturated heterocycles. The maximum Gasteiger partial charge on any atom is 0.345 e. The predicted molar refractivity (Wildman–Crippen MR) is 192 cm³/mol. The van der Waals surface area contributed by atoms with Gasteiger partial charge in [-0.2, -0.15) is 0 Å². The van der Waals surface area contributed by atoms with E-state index in [9.17, 15) is 19.5 Å². The van der Waals surface area contributed by atoms with Crippen molar-refractivity contribution in [1.82, 2.24) is 4.90 Å². The van der Waals surface area contributed by atoms with Gasteiger partial charge >= 0.3 is 17.9 Å². The van der Waals surface area contributed by atoms with Crippen molar-refractivity contribution in [3.63, 3.8) is 0 Å². The van der Waals surface area contributed by atoms with Crippen LogP contribution in [0.5, 0.6) is 23.0 Å². The Balaban J connectivity index is 1.29. The Morgan fingerprint density at radius 2 is 1.36 bits per heavy atom. The molecule has 0 saturated carbocycles. The van der Waals surface area contributed by atoms with Crippen LogP contribution in [0.1, 0.15) is 94.7 Å². The zero-order valence-corrected chi connectivity index (χ0v) is 29.6. The van der Waals surface area contributed by atoms with Crippen LogP contribution >= 0.6 is 11.6 Å². The summed E-state index contributed by atoms with van der Waals surface area (Å²) in [6, 6.07) is 19.7. The highest BCUT2D eigenvalue weighted by atomic mass is 35.5. The summed E-state index contributed by atoms with van der Waals surface area (Å²) in [7, 11) is 0. The minimum Gasteiger partial charge on any atom is -0.494 e. The molecule has 0 amide bonds. The number of halogens is 1. The third-order valence-electron chi connectivity index (χ3n) is 9.15. The number of esters is 3. The van der Waals surface area contributed by atoms with Gasteiger partial charge in [-0.25, -0.2) is 4.79 Å². The molecule has 0 spiro atoms. The lowest BCUT2D eigenvalue weighted by Gasteiger charge is -2.30. The maximum absolute atomic E-state index is 13.0. The van der Waals surface area contributed by atoms with E-state index in [1.165, 1.54) is 51.1 Å². The Bertz CT molecular complexity index is 1670. The minimum atomic E-state index is -2.42. The summed E-state index contributed by atoms with van der Waals surface area (Å²) in [5.74, 6) is -2.81. The van der Waals surface area contributed by atoms with E-state index in [1.54, 1.807) is 6.07 Å². The lowest BCUT2D eigenvalue weighted by atomic mass is 9.92. The van der Waals surface area contributed by atoms with Crippen molar-refractivity contribution < 1.29 is 38.4 Å². The van der Waals surface area contributed by atoms with Crippen LogP contribution in [0.2, 0.25) is 0 Å². The first-order valence-electron chi connectivity index (χ1n) is 17.7. The number of unbranched alkanes of at least 4 members (excludes halogenated alkanes) is 7. The molecule has 1 unspecified atom stereocenters. The molecule has 9 nitrogen and oxygen atoms in total. The number of carbonyl (C=O) groups is 3. The molecule has 0 radical (unpaired) electrons. The maximum atomic E-state index is 13.0. The molecule has 0 aromatic heterocycles. The highest BCUT2D eigenvalue weighted by Gasteiger charge is 2.48. The van der Waals surface area contributed by atoms with Gasteiger partial charge in [-0.3, -0.25) is 9.59 Å². The molecule has 50 heavy (non-hydrogen) atoms. The summed E-state index contributed by atoms with van der Waals surface area (Å²) >= 11 is 7.09. The number of benzene rings is 3. The van der Waals surface area contributed by atoms with Crippen molar-refractivity contribution in [3.05, 3.63) is 83.4 Å². The number of nitrogens with zero attached hydrogens (tertiary/aromatic N) is 1. The molecular formula is C40H46ClNO8. The van der Waals surface area contributed by atoms with Crippen LogP contribution < -0.4 is 18.9 Å². The summed E-state index contributed by atoms with van der Waals surface area (Å²) in [6.45, 7) is 8.52. The summed E-state index contributed by atoms with van der Waals surface area (Å²) in [5, 5.41) is 11.2. The van der Waals surface area contributed by atoms with Crippen molar-refractivity contribution in [2.45, 2.75) is 83.7 Å². The normalized spacial score (nSPS) is 17.6. The third kappa shape index (κ3) is 9.33. The van der Waals surface area contributed by atoms with Gasteiger partial charge in [0.15, 0.2) is 17.1 Å². The number of hydrogen-bond acceptors (Lipinski definition) is 9.